The molecule has 0 saturated heterocycles. The summed E-state index contributed by atoms with van der Waals surface area (Å²) in [4.78, 5) is 56.4. The van der Waals surface area contributed by atoms with E-state index in [0.717, 1.165) is 53.2 Å². The van der Waals surface area contributed by atoms with Crippen molar-refractivity contribution in [3.8, 4) is 10.4 Å². The molecule has 0 spiro atoms. The van der Waals surface area contributed by atoms with E-state index in [0.29, 0.717) is 58.2 Å². The van der Waals surface area contributed by atoms with E-state index in [1.807, 2.05) is 74.5 Å². The fourth-order valence-corrected chi connectivity index (χ4v) is 15.7. The number of aromatic nitrogens is 2. The molecule has 91 heavy (non-hydrogen) atoms. The molecule has 2 heterocycles. The van der Waals surface area contributed by atoms with Crippen molar-refractivity contribution in [2.75, 3.05) is 10.6 Å². The van der Waals surface area contributed by atoms with E-state index in [4.69, 9.17) is 9.47 Å². The standard InChI is InChI=1S/C31H40FN5O5S2.C19H25N3O3S.C13H18BrFN2O2S.CH4/c1-19(2)42-30(39)35-22-13-11-21(12-14-22)28-36-27(32)26(43-28)24-16-15-23(17-25(24)44(40,41)37-31(3,4)5)34-29(38)33-18-20-9-7-6-8-10-20;1-14-10-11-16(12-17(14)26(24,25)22-19(2,3)4)21-18(23)20-13-15-8-6-5-7-9-15;1-7(2)19-13(18)16-9-5-3-8(4-6-9)12-17-11(15)10(14)20-12;/h6-10,15-17,19,21-22,37H,11-14,18H2,1-5H3,(H,35,39)(H2,33,34,38);5-12,22H,13H2,1-4H3,(H2,20,21,23);7-9H,3-6H2,1-2H3,(H,16,18);1H4. The third-order valence-corrected chi connectivity index (χ3v) is 20.3. The van der Waals surface area contributed by atoms with Gasteiger partial charge in [0.25, 0.3) is 0 Å². The molecule has 2 fully saturated rings. The van der Waals surface area contributed by atoms with Gasteiger partial charge in [-0.2, -0.15) is 8.78 Å². The number of carbonyl (C=O) groups excluding carboxylic acids is 4. The number of hydrogen-bond donors (Lipinski definition) is 8. The molecular formula is C64H87BrF2N10O10S4. The van der Waals surface area contributed by atoms with Gasteiger partial charge in [-0.25, -0.2) is 55.4 Å². The van der Waals surface area contributed by atoms with Crippen LogP contribution in [0.3, 0.4) is 0 Å². The summed E-state index contributed by atoms with van der Waals surface area (Å²) in [5, 5.41) is 18.0. The van der Waals surface area contributed by atoms with E-state index in [1.165, 1.54) is 29.5 Å². The number of benzene rings is 4. The number of thiazole rings is 2. The molecule has 0 aliphatic heterocycles. The molecule has 0 radical (unpaired) electrons. The fourth-order valence-electron chi connectivity index (χ4n) is 9.73. The Kier molecular flexibility index (Phi) is 27.9. The van der Waals surface area contributed by atoms with Crippen molar-refractivity contribution in [3.05, 3.63) is 139 Å². The van der Waals surface area contributed by atoms with Crippen LogP contribution in [0.1, 0.15) is 167 Å². The van der Waals surface area contributed by atoms with Crippen LogP contribution in [0.15, 0.2) is 111 Å². The summed E-state index contributed by atoms with van der Waals surface area (Å²) in [7, 11) is -7.82. The lowest BCUT2D eigenvalue weighted by atomic mass is 9.86. The maximum atomic E-state index is 15.4. The van der Waals surface area contributed by atoms with Crippen molar-refractivity contribution in [3.63, 3.8) is 0 Å². The Bertz CT molecular complexity index is 3590. The van der Waals surface area contributed by atoms with Crippen molar-refractivity contribution >= 4 is 94.3 Å². The van der Waals surface area contributed by atoms with Gasteiger partial charge in [0, 0.05) is 65.0 Å². The predicted octanol–water partition coefficient (Wildman–Crippen LogP) is 14.7. The van der Waals surface area contributed by atoms with Crippen molar-refractivity contribution < 1.29 is 54.3 Å². The number of alkyl carbamates (subject to hydrolysis) is 2. The molecule has 8 N–H and O–H groups in total. The Labute approximate surface area is 551 Å². The van der Waals surface area contributed by atoms with Gasteiger partial charge in [-0.1, -0.05) is 74.2 Å². The zero-order chi connectivity index (χ0) is 66.1. The van der Waals surface area contributed by atoms with E-state index in [1.54, 1.807) is 80.5 Å². The van der Waals surface area contributed by atoms with Crippen LogP contribution in [0.4, 0.5) is 39.3 Å². The smallest absolute Gasteiger partial charge is 0.407 e. The van der Waals surface area contributed by atoms with E-state index >= 15 is 4.39 Å². The number of nitrogens with one attached hydrogen (secondary N) is 8. The van der Waals surface area contributed by atoms with Crippen molar-refractivity contribution in [1.29, 1.82) is 0 Å². The highest BCUT2D eigenvalue weighted by atomic mass is 79.9. The molecule has 4 aromatic carbocycles. The number of aryl methyl sites for hydroxylation is 1. The molecule has 27 heteroatoms. The molecule has 6 aromatic rings. The predicted molar refractivity (Wildman–Crippen MR) is 359 cm³/mol. The maximum absolute atomic E-state index is 15.4. The quantitative estimate of drug-likeness (QED) is 0.0423. The summed E-state index contributed by atoms with van der Waals surface area (Å²) in [6.45, 7) is 20.1. The summed E-state index contributed by atoms with van der Waals surface area (Å²) < 4.78 is 96.9. The fraction of sp³-hybridized carbons (Fsp3) is 0.469. The first kappa shape index (κ1) is 75.1. The van der Waals surface area contributed by atoms with Gasteiger partial charge >= 0.3 is 24.2 Å². The van der Waals surface area contributed by atoms with Gasteiger partial charge in [0.15, 0.2) is 0 Å². The molecule has 8 rings (SSSR count). The first-order valence-corrected chi connectivity index (χ1v) is 35.0. The zero-order valence-electron chi connectivity index (χ0n) is 52.5. The lowest BCUT2D eigenvalue weighted by Crippen LogP contribution is -2.40. The Morgan fingerprint density at radius 3 is 1.38 bits per heavy atom. The van der Waals surface area contributed by atoms with Gasteiger partial charge in [-0.15, -0.1) is 22.7 Å². The topological polar surface area (TPSA) is 277 Å². The first-order valence-electron chi connectivity index (χ1n) is 29.6. The summed E-state index contributed by atoms with van der Waals surface area (Å²) in [6, 6.07) is 27.3. The summed E-state index contributed by atoms with van der Waals surface area (Å²) >= 11 is 5.65. The van der Waals surface area contributed by atoms with Gasteiger partial charge in [0.1, 0.15) is 8.79 Å². The molecule has 2 aliphatic rings. The number of halogens is 3. The monoisotopic (exact) mass is 1400 g/mol. The highest BCUT2D eigenvalue weighted by Crippen LogP contribution is 2.42. The van der Waals surface area contributed by atoms with Crippen LogP contribution in [-0.2, 0) is 42.6 Å². The summed E-state index contributed by atoms with van der Waals surface area (Å²) in [5.41, 5.74) is 1.90. The number of hydrogen-bond acceptors (Lipinski definition) is 14. The Morgan fingerprint density at radius 1 is 0.582 bits per heavy atom. The number of amides is 6. The molecule has 2 aromatic heterocycles. The van der Waals surface area contributed by atoms with E-state index < -0.39 is 61.2 Å². The minimum atomic E-state index is -4.13. The minimum Gasteiger partial charge on any atom is -0.447 e. The number of rotatable bonds is 17. The molecule has 498 valence electrons. The van der Waals surface area contributed by atoms with E-state index in [-0.39, 0.29) is 76.2 Å². The Hall–Kier alpha value is -6.62. The Balaban J connectivity index is 0.000000271. The number of ether oxygens (including phenoxy) is 2. The zero-order valence-corrected chi connectivity index (χ0v) is 57.4. The first-order chi connectivity index (χ1) is 42.2. The number of sulfonamides is 2. The van der Waals surface area contributed by atoms with Crippen LogP contribution >= 0.6 is 38.6 Å². The van der Waals surface area contributed by atoms with Crippen LogP contribution < -0.4 is 41.3 Å². The second-order valence-electron chi connectivity index (χ2n) is 24.6. The molecule has 2 aliphatic carbocycles. The van der Waals surface area contributed by atoms with Gasteiger partial charge in [-0.05, 0) is 190 Å². The summed E-state index contributed by atoms with van der Waals surface area (Å²) in [5.74, 6) is -0.908. The van der Waals surface area contributed by atoms with Gasteiger partial charge < -0.3 is 41.4 Å². The lowest BCUT2D eigenvalue weighted by Gasteiger charge is -2.27. The molecule has 6 amide bonds. The number of carbonyl (C=O) groups is 4. The average molecular weight is 1400 g/mol. The van der Waals surface area contributed by atoms with Crippen LogP contribution in [0.5, 0.6) is 0 Å². The van der Waals surface area contributed by atoms with Crippen molar-refractivity contribution in [2.45, 2.75) is 205 Å². The van der Waals surface area contributed by atoms with Crippen LogP contribution in [0.25, 0.3) is 10.4 Å². The summed E-state index contributed by atoms with van der Waals surface area (Å²) in [6.07, 6.45) is 5.20. The van der Waals surface area contributed by atoms with Crippen molar-refractivity contribution in [1.82, 2.24) is 40.7 Å². The SMILES string of the molecule is C.CC(C)OC(=O)NC1CCC(c2nc(F)c(-c3ccc(NC(=O)NCc4ccccc4)cc3S(=O)(=O)NC(C)(C)C)s2)CC1.CC(C)OC(=O)NC1CCC(c2nc(F)c(Br)s2)CC1.Cc1ccc(NC(=O)NCc2ccccc2)cc1S(=O)(=O)NC(C)(C)C. The molecule has 0 unspecified atom stereocenters. The van der Waals surface area contributed by atoms with Crippen molar-refractivity contribution in [2.24, 2.45) is 0 Å². The molecule has 20 nitrogen and oxygen atoms in total. The second kappa shape index (κ2) is 33.8. The number of anilines is 2. The molecule has 0 bridgehead atoms. The van der Waals surface area contributed by atoms with Gasteiger partial charge in [0.05, 0.1) is 31.9 Å². The molecular weight excluding hydrogens is 1310 g/mol. The minimum absolute atomic E-state index is 0. The number of nitrogens with zero attached hydrogens (tertiary/aromatic N) is 2. The lowest BCUT2D eigenvalue weighted by molar-refractivity contribution is 0.108. The van der Waals surface area contributed by atoms with Gasteiger partial charge in [0.2, 0.25) is 31.9 Å². The third kappa shape index (κ3) is 24.7. The van der Waals surface area contributed by atoms with Crippen LogP contribution in [-0.4, -0.2) is 86.4 Å². The van der Waals surface area contributed by atoms with Crippen LogP contribution in [0.2, 0.25) is 0 Å². The Morgan fingerprint density at radius 2 is 0.978 bits per heavy atom. The van der Waals surface area contributed by atoms with E-state index in [9.17, 15) is 40.4 Å². The molecule has 0 atom stereocenters. The highest BCUT2D eigenvalue weighted by Gasteiger charge is 2.32. The van der Waals surface area contributed by atoms with Gasteiger partial charge in [-0.3, -0.25) is 0 Å². The highest BCUT2D eigenvalue weighted by molar-refractivity contribution is 9.11. The largest absolute Gasteiger partial charge is 0.447 e. The number of urea groups is 2. The second-order valence-corrected chi connectivity index (χ2v) is 31.3. The van der Waals surface area contributed by atoms with Crippen LogP contribution in [0, 0.1) is 18.8 Å². The average Bonchev–Trinajstić information content (AvgIpc) is 1.78. The van der Waals surface area contributed by atoms with E-state index in [2.05, 4.69) is 67.2 Å². The normalized spacial score (nSPS) is 16.7. The maximum Gasteiger partial charge on any atom is 0.407 e. The third-order valence-electron chi connectivity index (χ3n) is 13.6. The molecule has 2 saturated carbocycles.